The van der Waals surface area contributed by atoms with Crippen molar-refractivity contribution in [1.29, 1.82) is 0 Å². The van der Waals surface area contributed by atoms with Gasteiger partial charge in [0.05, 0.1) is 18.2 Å². The summed E-state index contributed by atoms with van der Waals surface area (Å²) < 4.78 is 23.6. The Morgan fingerprint density at radius 3 is 2.69 bits per heavy atom. The summed E-state index contributed by atoms with van der Waals surface area (Å²) in [7, 11) is 1.65. The van der Waals surface area contributed by atoms with Crippen molar-refractivity contribution < 1.29 is 18.3 Å². The lowest BCUT2D eigenvalue weighted by Crippen LogP contribution is -2.31. The molecule has 3 heterocycles. The number of hydrogen-bond donors (Lipinski definition) is 0. The minimum absolute atomic E-state index is 0.293. The van der Waals surface area contributed by atoms with E-state index in [2.05, 4.69) is 20.8 Å². The molecule has 2 aromatic heterocycles. The van der Waals surface area contributed by atoms with Crippen LogP contribution in [0.2, 0.25) is 0 Å². The second-order valence-corrected chi connectivity index (χ2v) is 9.52. The van der Waals surface area contributed by atoms with Crippen molar-refractivity contribution in [2.45, 2.75) is 13.1 Å². The molecule has 6 rings (SSSR count). The van der Waals surface area contributed by atoms with Crippen molar-refractivity contribution in [2.24, 2.45) is 0 Å². The van der Waals surface area contributed by atoms with Gasteiger partial charge in [0.25, 0.3) is 0 Å². The molecular weight excluding hydrogens is 526 g/mol. The van der Waals surface area contributed by atoms with Gasteiger partial charge in [-0.05, 0) is 42.5 Å². The van der Waals surface area contributed by atoms with Gasteiger partial charge in [0.2, 0.25) is 0 Å². The molecule has 0 unspecified atom stereocenters. The Balaban J connectivity index is 1.46. The van der Waals surface area contributed by atoms with Crippen molar-refractivity contribution >= 4 is 37.9 Å². The molecule has 0 bridgehead atoms. The minimum atomic E-state index is -0.554. The molecule has 0 saturated carbocycles. The highest BCUT2D eigenvalue weighted by Gasteiger charge is 2.24. The number of halogens is 1. The summed E-state index contributed by atoms with van der Waals surface area (Å²) in [4.78, 5) is 27.7. The molecule has 0 amide bonds. The van der Waals surface area contributed by atoms with Gasteiger partial charge in [0.1, 0.15) is 29.4 Å². The monoisotopic (exact) mass is 545 g/mol. The van der Waals surface area contributed by atoms with Gasteiger partial charge in [-0.15, -0.1) is 0 Å². The third kappa shape index (κ3) is 3.98. The van der Waals surface area contributed by atoms with Crippen LogP contribution in [0.15, 0.2) is 89.6 Å². The van der Waals surface area contributed by atoms with E-state index in [1.165, 1.54) is 6.07 Å². The van der Waals surface area contributed by atoms with E-state index in [1.807, 2.05) is 42.5 Å². The fourth-order valence-electron chi connectivity index (χ4n) is 4.66. The second kappa shape index (κ2) is 8.96. The zero-order chi connectivity index (χ0) is 24.8. The first-order valence-corrected chi connectivity index (χ1v) is 12.1. The van der Waals surface area contributed by atoms with Crippen LogP contribution in [0.4, 0.5) is 0 Å². The van der Waals surface area contributed by atoms with E-state index in [-0.39, 0.29) is 0 Å². The molecule has 180 valence electrons. The average Bonchev–Trinajstić information content (AvgIpc) is 2.88. The van der Waals surface area contributed by atoms with E-state index < -0.39 is 11.3 Å². The number of fused-ring (bicyclic) bond motifs is 4. The molecule has 0 N–H and O–H groups in total. The first kappa shape index (κ1) is 22.6. The number of hydrogen-bond acceptors (Lipinski definition) is 7. The van der Waals surface area contributed by atoms with Gasteiger partial charge in [-0.2, -0.15) is 0 Å². The van der Waals surface area contributed by atoms with E-state index in [0.717, 1.165) is 26.7 Å². The summed E-state index contributed by atoms with van der Waals surface area (Å²) >= 11 is 3.45. The van der Waals surface area contributed by atoms with Gasteiger partial charge in [0, 0.05) is 45.5 Å². The zero-order valence-electron chi connectivity index (χ0n) is 19.2. The number of benzene rings is 3. The molecule has 5 aromatic rings. The van der Waals surface area contributed by atoms with Crippen molar-refractivity contribution in [3.8, 4) is 22.6 Å². The first-order valence-electron chi connectivity index (χ1n) is 11.3. The highest BCUT2D eigenvalue weighted by atomic mass is 79.9. The number of methoxy groups -OCH3 is 1. The van der Waals surface area contributed by atoms with Gasteiger partial charge >= 0.3 is 11.3 Å². The maximum atomic E-state index is 12.9. The third-order valence-electron chi connectivity index (χ3n) is 6.33. The molecule has 1 aliphatic heterocycles. The maximum absolute atomic E-state index is 12.9. The fourth-order valence-corrected chi connectivity index (χ4v) is 5.04. The Morgan fingerprint density at radius 1 is 0.972 bits per heavy atom. The Labute approximate surface area is 213 Å². The Morgan fingerprint density at radius 2 is 1.83 bits per heavy atom. The van der Waals surface area contributed by atoms with Gasteiger partial charge in [-0.1, -0.05) is 34.1 Å². The highest BCUT2D eigenvalue weighted by molar-refractivity contribution is 9.10. The van der Waals surface area contributed by atoms with E-state index >= 15 is 0 Å². The van der Waals surface area contributed by atoms with Crippen LogP contribution in [0.3, 0.4) is 0 Å². The second-order valence-electron chi connectivity index (χ2n) is 8.60. The van der Waals surface area contributed by atoms with Crippen molar-refractivity contribution in [2.75, 3.05) is 13.8 Å². The molecule has 0 radical (unpaired) electrons. The van der Waals surface area contributed by atoms with Crippen LogP contribution >= 0.6 is 15.9 Å². The molecule has 0 aliphatic carbocycles. The van der Waals surface area contributed by atoms with Crippen molar-refractivity contribution in [3.63, 3.8) is 0 Å². The largest absolute Gasteiger partial charge is 0.496 e. The predicted molar refractivity (Wildman–Crippen MR) is 139 cm³/mol. The lowest BCUT2D eigenvalue weighted by Gasteiger charge is -2.29. The number of rotatable bonds is 4. The standard InChI is InChI=1S/C28H20BrNO6/c1-33-23-5-3-2-4-16(23)13-30-14-22-25(34-15-30)9-7-19-20(12-26(31)36-27(19)22)21-11-17-10-18(29)6-8-24(17)35-28(21)32/h2-12H,13-15H2,1H3. The SMILES string of the molecule is COc1ccccc1CN1COc2ccc3c(-c4cc5cc(Br)ccc5oc4=O)cc(=O)oc3c2C1. The van der Waals surface area contributed by atoms with Crippen LogP contribution in [-0.2, 0) is 13.1 Å². The molecule has 7 nitrogen and oxygen atoms in total. The molecule has 8 heteroatoms. The lowest BCUT2D eigenvalue weighted by molar-refractivity contribution is 0.0882. The molecule has 36 heavy (non-hydrogen) atoms. The van der Waals surface area contributed by atoms with Crippen LogP contribution in [0.25, 0.3) is 33.1 Å². The summed E-state index contributed by atoms with van der Waals surface area (Å²) in [6, 6.07) is 19.9. The van der Waals surface area contributed by atoms with Gasteiger partial charge < -0.3 is 18.3 Å². The fraction of sp³-hybridized carbons (Fsp3) is 0.143. The lowest BCUT2D eigenvalue weighted by atomic mass is 9.99. The molecule has 0 spiro atoms. The van der Waals surface area contributed by atoms with Crippen LogP contribution in [-0.4, -0.2) is 18.7 Å². The molecule has 0 saturated heterocycles. The number of ether oxygens (including phenoxy) is 2. The molecule has 1 aliphatic rings. The van der Waals surface area contributed by atoms with Crippen LogP contribution in [0.5, 0.6) is 11.5 Å². The molecule has 0 atom stereocenters. The number of para-hydroxylation sites is 1. The summed E-state index contributed by atoms with van der Waals surface area (Å²) in [5.74, 6) is 1.44. The zero-order valence-corrected chi connectivity index (χ0v) is 20.8. The summed E-state index contributed by atoms with van der Waals surface area (Å²) in [5.41, 5.74) is 2.31. The first-order chi connectivity index (χ1) is 17.5. The average molecular weight is 546 g/mol. The van der Waals surface area contributed by atoms with Crippen molar-refractivity contribution in [1.82, 2.24) is 4.90 Å². The topological polar surface area (TPSA) is 82.1 Å². The van der Waals surface area contributed by atoms with E-state index in [0.29, 0.717) is 53.2 Å². The van der Waals surface area contributed by atoms with Crippen LogP contribution in [0.1, 0.15) is 11.1 Å². The normalized spacial score (nSPS) is 13.5. The van der Waals surface area contributed by atoms with Crippen LogP contribution in [0, 0.1) is 0 Å². The van der Waals surface area contributed by atoms with Gasteiger partial charge in [0.15, 0.2) is 0 Å². The molecule has 0 fully saturated rings. The van der Waals surface area contributed by atoms with Crippen molar-refractivity contribution in [3.05, 3.63) is 103 Å². The smallest absolute Gasteiger partial charge is 0.344 e. The minimum Gasteiger partial charge on any atom is -0.496 e. The summed E-state index contributed by atoms with van der Waals surface area (Å²) in [5, 5.41) is 1.38. The molecular formula is C28H20BrNO6. The van der Waals surface area contributed by atoms with Crippen LogP contribution < -0.4 is 20.7 Å². The van der Waals surface area contributed by atoms with E-state index in [4.69, 9.17) is 18.3 Å². The van der Waals surface area contributed by atoms with E-state index in [9.17, 15) is 9.59 Å². The highest BCUT2D eigenvalue weighted by Crippen LogP contribution is 2.36. The maximum Gasteiger partial charge on any atom is 0.344 e. The Hall–Kier alpha value is -3.88. The Bertz CT molecular complexity index is 1760. The quantitative estimate of drug-likeness (QED) is 0.268. The third-order valence-corrected chi connectivity index (χ3v) is 6.82. The molecule has 3 aromatic carbocycles. The Kier molecular flexibility index (Phi) is 5.62. The van der Waals surface area contributed by atoms with Gasteiger partial charge in [-0.25, -0.2) is 9.59 Å². The summed E-state index contributed by atoms with van der Waals surface area (Å²) in [6.07, 6.45) is 0. The van der Waals surface area contributed by atoms with Gasteiger partial charge in [-0.3, -0.25) is 4.90 Å². The van der Waals surface area contributed by atoms with E-state index in [1.54, 1.807) is 25.3 Å². The predicted octanol–water partition coefficient (Wildman–Crippen LogP) is 5.69. The number of nitrogens with zero attached hydrogens (tertiary/aromatic N) is 1. The summed E-state index contributed by atoms with van der Waals surface area (Å²) in [6.45, 7) is 1.47.